The molecule has 0 radical (unpaired) electrons. The number of aromatic nitrogens is 2. The maximum Gasteiger partial charge on any atom is 0.337 e. The molecule has 0 amide bonds. The predicted octanol–water partition coefficient (Wildman–Crippen LogP) is 3.60. The molecule has 0 aliphatic rings. The minimum atomic E-state index is -1.09. The van der Waals surface area contributed by atoms with E-state index in [9.17, 15) is 13.6 Å². The van der Waals surface area contributed by atoms with Gasteiger partial charge >= 0.3 is 5.97 Å². The van der Waals surface area contributed by atoms with Gasteiger partial charge in [0.05, 0.1) is 11.1 Å². The summed E-state index contributed by atoms with van der Waals surface area (Å²) >= 11 is 0. The number of pyridine rings is 1. The summed E-state index contributed by atoms with van der Waals surface area (Å²) < 4.78 is 37.1. The largest absolute Gasteiger partial charge is 0.478 e. The number of carboxylic acid groups (broad SMARTS) is 1. The highest BCUT2D eigenvalue weighted by Gasteiger charge is 2.17. The van der Waals surface area contributed by atoms with Crippen LogP contribution in [0.1, 0.15) is 21.7 Å². The average molecular weight is 346 g/mol. The summed E-state index contributed by atoms with van der Waals surface area (Å²) in [6.07, 6.45) is 1.18. The lowest BCUT2D eigenvalue weighted by atomic mass is 10.1. The normalized spacial score (nSPS) is 10.7. The van der Waals surface area contributed by atoms with Crippen LogP contribution < -0.4 is 4.74 Å². The maximum absolute atomic E-state index is 13.4. The zero-order valence-corrected chi connectivity index (χ0v) is 13.0. The van der Waals surface area contributed by atoms with Gasteiger partial charge in [0.2, 0.25) is 5.88 Å². The van der Waals surface area contributed by atoms with Crippen LogP contribution in [0.4, 0.5) is 8.78 Å². The van der Waals surface area contributed by atoms with E-state index in [0.29, 0.717) is 22.6 Å². The number of hydrogen-bond donors (Lipinski definition) is 1. The minimum absolute atomic E-state index is 0.0169. The molecule has 25 heavy (non-hydrogen) atoms. The Kier molecular flexibility index (Phi) is 4.42. The van der Waals surface area contributed by atoms with Crippen molar-refractivity contribution in [1.29, 1.82) is 0 Å². The highest BCUT2D eigenvalue weighted by atomic mass is 19.2. The fourth-order valence-electron chi connectivity index (χ4n) is 2.17. The van der Waals surface area contributed by atoms with Crippen LogP contribution in [0.3, 0.4) is 0 Å². The van der Waals surface area contributed by atoms with Crippen molar-refractivity contribution in [3.63, 3.8) is 0 Å². The number of nitrogens with zero attached hydrogens (tertiary/aromatic N) is 2. The van der Waals surface area contributed by atoms with Crippen LogP contribution in [-0.4, -0.2) is 21.2 Å². The number of hydrogen-bond acceptors (Lipinski definition) is 5. The van der Waals surface area contributed by atoms with Crippen LogP contribution in [0, 0.1) is 18.6 Å². The molecule has 1 N–H and O–H groups in total. The lowest BCUT2D eigenvalue weighted by molar-refractivity contribution is 0.0696. The smallest absolute Gasteiger partial charge is 0.337 e. The van der Waals surface area contributed by atoms with Crippen molar-refractivity contribution in [3.8, 4) is 17.1 Å². The Hall–Kier alpha value is -3.29. The Bertz CT molecular complexity index is 923. The van der Waals surface area contributed by atoms with Crippen LogP contribution >= 0.6 is 0 Å². The quantitative estimate of drug-likeness (QED) is 0.760. The molecular weight excluding hydrogens is 334 g/mol. The van der Waals surface area contributed by atoms with Crippen LogP contribution in [0.15, 0.2) is 41.1 Å². The van der Waals surface area contributed by atoms with Crippen molar-refractivity contribution in [3.05, 3.63) is 65.1 Å². The van der Waals surface area contributed by atoms with Crippen molar-refractivity contribution < 1.29 is 27.9 Å². The monoisotopic (exact) mass is 346 g/mol. The minimum Gasteiger partial charge on any atom is -0.478 e. The summed E-state index contributed by atoms with van der Waals surface area (Å²) in [5.41, 5.74) is 1.27. The molecule has 3 rings (SSSR count). The molecule has 0 atom stereocenters. The lowest BCUT2D eigenvalue weighted by Crippen LogP contribution is -2.01. The predicted molar refractivity (Wildman–Crippen MR) is 82.1 cm³/mol. The first-order valence-electron chi connectivity index (χ1n) is 7.18. The summed E-state index contributed by atoms with van der Waals surface area (Å²) in [4.78, 5) is 14.7. The van der Waals surface area contributed by atoms with E-state index in [1.54, 1.807) is 6.92 Å². The molecule has 0 saturated carbocycles. The Morgan fingerprint density at radius 2 is 2.04 bits per heavy atom. The van der Waals surface area contributed by atoms with Crippen molar-refractivity contribution in [2.24, 2.45) is 0 Å². The Morgan fingerprint density at radius 1 is 1.24 bits per heavy atom. The standard InChI is InChI=1S/C17H12F2N2O4/c1-9-12(8-24-15-5-3-11(7-20-15)17(22)23)16(21-25-9)10-2-4-13(18)14(19)6-10/h2-7H,8H2,1H3,(H,22,23). The third-order valence-electron chi connectivity index (χ3n) is 3.53. The van der Waals surface area contributed by atoms with Crippen molar-refractivity contribution in [2.45, 2.75) is 13.5 Å². The van der Waals surface area contributed by atoms with Gasteiger partial charge in [-0.25, -0.2) is 18.6 Å². The molecule has 0 fully saturated rings. The fraction of sp³-hybridized carbons (Fsp3) is 0.118. The molecule has 0 aliphatic heterocycles. The van der Waals surface area contributed by atoms with E-state index in [4.69, 9.17) is 14.4 Å². The molecular formula is C17H12F2N2O4. The first-order valence-corrected chi connectivity index (χ1v) is 7.18. The van der Waals surface area contributed by atoms with E-state index in [1.165, 1.54) is 24.4 Å². The molecule has 0 spiro atoms. The number of ether oxygens (including phenoxy) is 1. The van der Waals surface area contributed by atoms with Crippen LogP contribution in [0.5, 0.6) is 5.88 Å². The molecule has 128 valence electrons. The third kappa shape index (κ3) is 3.47. The molecule has 1 aromatic carbocycles. The number of halogens is 2. The summed E-state index contributed by atoms with van der Waals surface area (Å²) in [7, 11) is 0. The van der Waals surface area contributed by atoms with Crippen LogP contribution in [-0.2, 0) is 6.61 Å². The van der Waals surface area contributed by atoms with Gasteiger partial charge in [0.15, 0.2) is 11.6 Å². The molecule has 8 heteroatoms. The number of aromatic carboxylic acids is 1. The summed E-state index contributed by atoms with van der Waals surface area (Å²) in [6.45, 7) is 1.68. The van der Waals surface area contributed by atoms with E-state index in [1.807, 2.05) is 0 Å². The SMILES string of the molecule is Cc1onc(-c2ccc(F)c(F)c2)c1COc1ccc(C(=O)O)cn1. The summed E-state index contributed by atoms with van der Waals surface area (Å²) in [6, 6.07) is 6.20. The topological polar surface area (TPSA) is 85.5 Å². The second-order valence-electron chi connectivity index (χ2n) is 5.17. The molecule has 0 bridgehead atoms. The number of rotatable bonds is 5. The van der Waals surface area contributed by atoms with Crippen LogP contribution in [0.2, 0.25) is 0 Å². The van der Waals surface area contributed by atoms with E-state index in [2.05, 4.69) is 10.1 Å². The van der Waals surface area contributed by atoms with Gasteiger partial charge in [-0.1, -0.05) is 5.16 Å². The fourth-order valence-corrected chi connectivity index (χ4v) is 2.17. The molecule has 0 saturated heterocycles. The van der Waals surface area contributed by atoms with Gasteiger partial charge in [0.25, 0.3) is 0 Å². The summed E-state index contributed by atoms with van der Waals surface area (Å²) in [5.74, 6) is -2.36. The van der Waals surface area contributed by atoms with E-state index < -0.39 is 17.6 Å². The summed E-state index contributed by atoms with van der Waals surface area (Å²) in [5, 5.41) is 12.7. The first kappa shape index (κ1) is 16.6. The third-order valence-corrected chi connectivity index (χ3v) is 3.53. The molecule has 0 aliphatic carbocycles. The highest BCUT2D eigenvalue weighted by molar-refractivity contribution is 5.87. The van der Waals surface area contributed by atoms with E-state index >= 15 is 0 Å². The van der Waals surface area contributed by atoms with Crippen molar-refractivity contribution in [2.75, 3.05) is 0 Å². The Balaban J connectivity index is 1.82. The zero-order chi connectivity index (χ0) is 18.0. The van der Waals surface area contributed by atoms with E-state index in [0.717, 1.165) is 12.1 Å². The Labute approximate surface area is 140 Å². The molecule has 0 unspecified atom stereocenters. The molecule has 3 aromatic rings. The van der Waals surface area contributed by atoms with Crippen molar-refractivity contribution >= 4 is 5.97 Å². The van der Waals surface area contributed by atoms with Gasteiger partial charge in [0, 0.05) is 17.8 Å². The van der Waals surface area contributed by atoms with Gasteiger partial charge in [0.1, 0.15) is 18.1 Å². The van der Waals surface area contributed by atoms with Gasteiger partial charge < -0.3 is 14.4 Å². The zero-order valence-electron chi connectivity index (χ0n) is 13.0. The van der Waals surface area contributed by atoms with Gasteiger partial charge in [-0.15, -0.1) is 0 Å². The second kappa shape index (κ2) is 6.68. The number of carboxylic acids is 1. The molecule has 2 heterocycles. The Morgan fingerprint density at radius 3 is 2.68 bits per heavy atom. The number of benzene rings is 1. The van der Waals surface area contributed by atoms with Crippen molar-refractivity contribution in [1.82, 2.24) is 10.1 Å². The van der Waals surface area contributed by atoms with E-state index in [-0.39, 0.29) is 18.1 Å². The lowest BCUT2D eigenvalue weighted by Gasteiger charge is -2.06. The highest BCUT2D eigenvalue weighted by Crippen LogP contribution is 2.27. The number of carbonyl (C=O) groups is 1. The van der Waals surface area contributed by atoms with Crippen LogP contribution in [0.25, 0.3) is 11.3 Å². The van der Waals surface area contributed by atoms with Gasteiger partial charge in [-0.3, -0.25) is 0 Å². The van der Waals surface area contributed by atoms with Gasteiger partial charge in [-0.05, 0) is 31.2 Å². The molecule has 2 aromatic heterocycles. The molecule has 6 nitrogen and oxygen atoms in total. The first-order chi connectivity index (χ1) is 12.0. The number of aryl methyl sites for hydroxylation is 1. The van der Waals surface area contributed by atoms with Gasteiger partial charge in [-0.2, -0.15) is 0 Å². The second-order valence-corrected chi connectivity index (χ2v) is 5.17. The maximum atomic E-state index is 13.4. The average Bonchev–Trinajstić information content (AvgIpc) is 2.96.